The van der Waals surface area contributed by atoms with E-state index < -0.39 is 11.5 Å². The van der Waals surface area contributed by atoms with E-state index in [2.05, 4.69) is 25.6 Å². The molecule has 0 bridgehead atoms. The van der Waals surface area contributed by atoms with Crippen LogP contribution in [0.2, 0.25) is 5.02 Å². The highest BCUT2D eigenvalue weighted by atomic mass is 35.5. The van der Waals surface area contributed by atoms with Gasteiger partial charge in [0.25, 0.3) is 5.91 Å². The number of fused-ring (bicyclic) bond motifs is 1. The van der Waals surface area contributed by atoms with E-state index in [4.69, 9.17) is 16.3 Å². The van der Waals surface area contributed by atoms with E-state index in [0.29, 0.717) is 47.6 Å². The zero-order valence-electron chi connectivity index (χ0n) is 19.3. The summed E-state index contributed by atoms with van der Waals surface area (Å²) in [6.45, 7) is 0.306. The zero-order valence-corrected chi connectivity index (χ0v) is 20.1. The molecule has 3 aromatic rings. The smallest absolute Gasteiger partial charge is 0.252 e. The SMILES string of the molecule is COC1CC(c2nc(Nc3ccc4[nH]ncc4c3Cl)n(C)n2)=CC=C1C(=O)N1CC(CO)(CO)C1. The van der Waals surface area contributed by atoms with Gasteiger partial charge >= 0.3 is 0 Å². The zero-order chi connectivity index (χ0) is 24.7. The third-order valence-corrected chi connectivity index (χ3v) is 7.02. The van der Waals surface area contributed by atoms with Crippen molar-refractivity contribution in [2.24, 2.45) is 12.5 Å². The molecule has 1 fully saturated rings. The Hall–Kier alpha value is -3.25. The molecule has 1 atom stereocenters. The molecule has 1 saturated heterocycles. The summed E-state index contributed by atoms with van der Waals surface area (Å²) in [5.41, 5.74) is 2.25. The molecule has 0 radical (unpaired) electrons. The molecule has 12 heteroatoms. The Morgan fingerprint density at radius 1 is 1.31 bits per heavy atom. The number of aliphatic hydroxyl groups excluding tert-OH is 2. The second-order valence-corrected chi connectivity index (χ2v) is 9.36. The highest BCUT2D eigenvalue weighted by Gasteiger charge is 2.46. The third-order valence-electron chi connectivity index (χ3n) is 6.61. The number of rotatable bonds is 7. The number of nitrogens with one attached hydrogen (secondary N) is 2. The molecule has 1 aliphatic carbocycles. The lowest BCUT2D eigenvalue weighted by atomic mass is 9.80. The van der Waals surface area contributed by atoms with E-state index >= 15 is 0 Å². The highest BCUT2D eigenvalue weighted by Crippen LogP contribution is 2.35. The molecule has 11 nitrogen and oxygen atoms in total. The second kappa shape index (κ2) is 9.08. The van der Waals surface area contributed by atoms with Crippen molar-refractivity contribution >= 4 is 45.6 Å². The number of anilines is 2. The molecule has 0 saturated carbocycles. The van der Waals surface area contributed by atoms with Crippen LogP contribution < -0.4 is 5.32 Å². The van der Waals surface area contributed by atoms with Gasteiger partial charge in [0.15, 0.2) is 5.82 Å². The van der Waals surface area contributed by atoms with Crippen molar-refractivity contribution in [1.29, 1.82) is 0 Å². The summed E-state index contributed by atoms with van der Waals surface area (Å²) in [4.78, 5) is 19.3. The summed E-state index contributed by atoms with van der Waals surface area (Å²) in [5, 5.41) is 35.0. The quantitative estimate of drug-likeness (QED) is 0.384. The summed E-state index contributed by atoms with van der Waals surface area (Å²) < 4.78 is 7.25. The highest BCUT2D eigenvalue weighted by molar-refractivity contribution is 6.38. The Morgan fingerprint density at radius 3 is 2.80 bits per heavy atom. The topological polar surface area (TPSA) is 141 Å². The third kappa shape index (κ3) is 4.10. The number of ether oxygens (including phenoxy) is 1. The second-order valence-electron chi connectivity index (χ2n) is 8.99. The van der Waals surface area contributed by atoms with Crippen LogP contribution in [0.25, 0.3) is 16.5 Å². The number of benzene rings is 1. The molecule has 35 heavy (non-hydrogen) atoms. The van der Waals surface area contributed by atoms with Crippen LogP contribution in [0.4, 0.5) is 11.6 Å². The van der Waals surface area contributed by atoms with Gasteiger partial charge in [-0.2, -0.15) is 10.1 Å². The van der Waals surface area contributed by atoms with E-state index in [9.17, 15) is 15.0 Å². The summed E-state index contributed by atoms with van der Waals surface area (Å²) in [6, 6.07) is 3.73. The maximum atomic E-state index is 13.0. The van der Waals surface area contributed by atoms with Gasteiger partial charge in [0.2, 0.25) is 5.95 Å². The van der Waals surface area contributed by atoms with Crippen molar-refractivity contribution in [2.75, 3.05) is 38.7 Å². The molecular formula is C23H26ClN7O4. The Labute approximate surface area is 206 Å². The summed E-state index contributed by atoms with van der Waals surface area (Å²) in [7, 11) is 3.34. The molecular weight excluding hydrogens is 474 g/mol. The Morgan fingerprint density at radius 2 is 2.09 bits per heavy atom. The maximum Gasteiger partial charge on any atom is 0.252 e. The Balaban J connectivity index is 1.35. The lowest BCUT2D eigenvalue weighted by Crippen LogP contribution is -2.62. The molecule has 3 heterocycles. The molecule has 0 spiro atoms. The number of hydrogen-bond donors (Lipinski definition) is 4. The predicted octanol–water partition coefficient (Wildman–Crippen LogP) is 1.63. The van der Waals surface area contributed by atoms with Crippen molar-refractivity contribution in [3.8, 4) is 0 Å². The van der Waals surface area contributed by atoms with Crippen LogP contribution in [0.1, 0.15) is 12.2 Å². The standard InChI is InChI=1S/C23H26ClN7O4/c1-30-22(26-17-6-5-16-15(19(17)24)8-25-28-16)27-20(29-30)13-3-4-14(18(7-13)35-2)21(34)31-9-23(10-31,11-32)12-33/h3-6,8,18,32-33H,7,9-12H2,1-2H3,(H,25,28)(H,26,27,29). The average molecular weight is 500 g/mol. The summed E-state index contributed by atoms with van der Waals surface area (Å²) in [5.74, 6) is 0.865. The number of H-pyrrole nitrogens is 1. The van der Waals surface area contributed by atoms with Gasteiger partial charge in [0.1, 0.15) is 0 Å². The van der Waals surface area contributed by atoms with E-state index in [1.54, 1.807) is 36.0 Å². The largest absolute Gasteiger partial charge is 0.396 e. The van der Waals surface area contributed by atoms with Crippen LogP contribution in [0, 0.1) is 5.41 Å². The van der Waals surface area contributed by atoms with Gasteiger partial charge in [0.05, 0.1) is 47.2 Å². The number of allylic oxidation sites excluding steroid dienone is 2. The Kier molecular flexibility index (Phi) is 6.09. The number of methoxy groups -OCH3 is 1. The van der Waals surface area contributed by atoms with Crippen molar-refractivity contribution in [1.82, 2.24) is 29.9 Å². The number of aromatic nitrogens is 5. The average Bonchev–Trinajstić information content (AvgIpc) is 3.47. The van der Waals surface area contributed by atoms with Gasteiger partial charge < -0.3 is 25.2 Å². The van der Waals surface area contributed by atoms with Crippen LogP contribution >= 0.6 is 11.6 Å². The summed E-state index contributed by atoms with van der Waals surface area (Å²) >= 11 is 6.52. The van der Waals surface area contributed by atoms with Gasteiger partial charge in [-0.1, -0.05) is 23.8 Å². The maximum absolute atomic E-state index is 13.0. The van der Waals surface area contributed by atoms with Crippen molar-refractivity contribution < 1.29 is 19.7 Å². The number of carbonyl (C=O) groups is 1. The van der Waals surface area contributed by atoms with Gasteiger partial charge in [-0.15, -0.1) is 5.10 Å². The van der Waals surface area contributed by atoms with Crippen LogP contribution in [-0.2, 0) is 16.6 Å². The van der Waals surface area contributed by atoms with E-state index in [0.717, 1.165) is 16.5 Å². The minimum atomic E-state index is -0.624. The van der Waals surface area contributed by atoms with Gasteiger partial charge in [-0.25, -0.2) is 4.68 Å². The number of carbonyl (C=O) groups excluding carboxylic acids is 1. The first-order valence-corrected chi connectivity index (χ1v) is 11.5. The normalized spacial score (nSPS) is 19.3. The lowest BCUT2D eigenvalue weighted by molar-refractivity contribution is -0.146. The summed E-state index contributed by atoms with van der Waals surface area (Å²) in [6.07, 6.45) is 5.21. The fraction of sp³-hybridized carbons (Fsp3) is 0.391. The number of amides is 1. The van der Waals surface area contributed by atoms with Gasteiger partial charge in [-0.3, -0.25) is 9.89 Å². The molecule has 4 N–H and O–H groups in total. The molecule has 2 aromatic heterocycles. The first kappa shape index (κ1) is 23.5. The van der Waals surface area contributed by atoms with Crippen LogP contribution in [0.3, 0.4) is 0 Å². The number of aromatic amines is 1. The molecule has 1 amide bonds. The fourth-order valence-electron chi connectivity index (χ4n) is 4.43. The van der Waals surface area contributed by atoms with Gasteiger partial charge in [-0.05, 0) is 12.1 Å². The first-order chi connectivity index (χ1) is 16.9. The lowest BCUT2D eigenvalue weighted by Gasteiger charge is -2.48. The van der Waals surface area contributed by atoms with E-state index in [-0.39, 0.29) is 19.1 Å². The number of aryl methyl sites for hydroxylation is 1. The fourth-order valence-corrected chi connectivity index (χ4v) is 4.69. The monoisotopic (exact) mass is 499 g/mol. The predicted molar refractivity (Wildman–Crippen MR) is 130 cm³/mol. The minimum absolute atomic E-state index is 0.160. The molecule has 1 aromatic carbocycles. The van der Waals surface area contributed by atoms with E-state index in [1.807, 2.05) is 18.2 Å². The van der Waals surface area contributed by atoms with E-state index in [1.165, 1.54) is 0 Å². The minimum Gasteiger partial charge on any atom is -0.396 e. The van der Waals surface area contributed by atoms with Crippen LogP contribution in [0.5, 0.6) is 0 Å². The van der Waals surface area contributed by atoms with Crippen LogP contribution in [0.15, 0.2) is 36.1 Å². The first-order valence-electron chi connectivity index (χ1n) is 11.1. The van der Waals surface area contributed by atoms with Gasteiger partial charge in [0, 0.05) is 50.2 Å². The van der Waals surface area contributed by atoms with Crippen molar-refractivity contribution in [2.45, 2.75) is 12.5 Å². The number of halogens is 1. The molecule has 184 valence electrons. The molecule has 2 aliphatic rings. The number of aliphatic hydroxyl groups is 2. The van der Waals surface area contributed by atoms with Crippen molar-refractivity contribution in [3.05, 3.63) is 46.9 Å². The van der Waals surface area contributed by atoms with Crippen molar-refractivity contribution in [3.63, 3.8) is 0 Å². The molecule has 1 aliphatic heterocycles. The molecule has 5 rings (SSSR count). The number of likely N-dealkylation sites (tertiary alicyclic amines) is 1. The molecule has 1 unspecified atom stereocenters. The number of nitrogens with zero attached hydrogens (tertiary/aromatic N) is 5. The Bertz CT molecular complexity index is 1330. The number of hydrogen-bond acceptors (Lipinski definition) is 8. The van der Waals surface area contributed by atoms with Crippen LogP contribution in [-0.4, -0.2) is 85.5 Å².